The molecule has 1 aromatic rings. The van der Waals surface area contributed by atoms with Crippen LogP contribution in [0.1, 0.15) is 18.4 Å². The average molecular weight is 291 g/mol. The van der Waals surface area contributed by atoms with Crippen molar-refractivity contribution in [2.75, 3.05) is 19.6 Å². The molecular formula is C15H21N3O3. The summed E-state index contributed by atoms with van der Waals surface area (Å²) < 4.78 is 0. The van der Waals surface area contributed by atoms with E-state index in [4.69, 9.17) is 5.73 Å². The van der Waals surface area contributed by atoms with E-state index in [0.717, 1.165) is 31.5 Å². The largest absolute Gasteiger partial charge is 0.508 e. The van der Waals surface area contributed by atoms with Crippen LogP contribution in [0.3, 0.4) is 0 Å². The standard InChI is InChI=1S/C15H21N3O3/c16-13(9-11-3-5-12(19)6-4-11)15(21)17-10-14(20)18-7-1-2-8-18/h3-6,13,19H,1-2,7-10,16H2,(H,17,21)/t13-/m1/s1. The van der Waals surface area contributed by atoms with Crippen LogP contribution in [0.15, 0.2) is 24.3 Å². The van der Waals surface area contributed by atoms with Gasteiger partial charge in [0.05, 0.1) is 12.6 Å². The average Bonchev–Trinajstić information content (AvgIpc) is 3.01. The molecule has 0 radical (unpaired) electrons. The monoisotopic (exact) mass is 291 g/mol. The predicted octanol–water partition coefficient (Wildman–Crippen LogP) is 0.000600. The van der Waals surface area contributed by atoms with E-state index >= 15 is 0 Å². The quantitative estimate of drug-likeness (QED) is 0.711. The van der Waals surface area contributed by atoms with Crippen molar-refractivity contribution in [2.24, 2.45) is 5.73 Å². The number of carbonyl (C=O) groups is 2. The van der Waals surface area contributed by atoms with Gasteiger partial charge in [-0.25, -0.2) is 0 Å². The Kier molecular flexibility index (Phi) is 5.16. The fourth-order valence-electron chi connectivity index (χ4n) is 2.35. The summed E-state index contributed by atoms with van der Waals surface area (Å²) in [7, 11) is 0. The number of carbonyl (C=O) groups excluding carboxylic acids is 2. The van der Waals surface area contributed by atoms with Crippen molar-refractivity contribution in [3.05, 3.63) is 29.8 Å². The van der Waals surface area contributed by atoms with Gasteiger partial charge in [-0.05, 0) is 37.0 Å². The highest BCUT2D eigenvalue weighted by atomic mass is 16.3. The van der Waals surface area contributed by atoms with E-state index < -0.39 is 6.04 Å². The Morgan fingerprint density at radius 3 is 2.48 bits per heavy atom. The zero-order chi connectivity index (χ0) is 15.2. The second-order valence-electron chi connectivity index (χ2n) is 5.28. The number of amides is 2. The van der Waals surface area contributed by atoms with Gasteiger partial charge in [-0.1, -0.05) is 12.1 Å². The summed E-state index contributed by atoms with van der Waals surface area (Å²) in [6.45, 7) is 1.55. The Morgan fingerprint density at radius 2 is 1.86 bits per heavy atom. The van der Waals surface area contributed by atoms with Crippen molar-refractivity contribution in [2.45, 2.75) is 25.3 Å². The molecule has 1 aromatic carbocycles. The molecule has 4 N–H and O–H groups in total. The lowest BCUT2D eigenvalue weighted by atomic mass is 10.1. The van der Waals surface area contributed by atoms with Crippen LogP contribution in [0, 0.1) is 0 Å². The smallest absolute Gasteiger partial charge is 0.241 e. The Balaban J connectivity index is 1.76. The summed E-state index contributed by atoms with van der Waals surface area (Å²) in [6, 6.07) is 5.84. The normalized spacial score (nSPS) is 15.8. The highest BCUT2D eigenvalue weighted by molar-refractivity contribution is 5.87. The minimum Gasteiger partial charge on any atom is -0.508 e. The number of hydrogen-bond acceptors (Lipinski definition) is 4. The van der Waals surface area contributed by atoms with Gasteiger partial charge in [0.1, 0.15) is 5.75 Å². The summed E-state index contributed by atoms with van der Waals surface area (Å²) in [6.07, 6.45) is 2.42. The molecule has 114 valence electrons. The molecule has 0 spiro atoms. The second kappa shape index (κ2) is 7.08. The van der Waals surface area contributed by atoms with Crippen LogP contribution in [0.2, 0.25) is 0 Å². The molecule has 1 fully saturated rings. The van der Waals surface area contributed by atoms with Crippen molar-refractivity contribution in [3.8, 4) is 5.75 Å². The third kappa shape index (κ3) is 4.46. The summed E-state index contributed by atoms with van der Waals surface area (Å²) in [5.41, 5.74) is 6.69. The summed E-state index contributed by atoms with van der Waals surface area (Å²) in [5.74, 6) is -0.221. The maximum atomic E-state index is 11.9. The van der Waals surface area contributed by atoms with Crippen molar-refractivity contribution in [1.29, 1.82) is 0 Å². The predicted molar refractivity (Wildman–Crippen MR) is 78.6 cm³/mol. The van der Waals surface area contributed by atoms with E-state index in [2.05, 4.69) is 5.32 Å². The second-order valence-corrected chi connectivity index (χ2v) is 5.28. The number of nitrogens with two attached hydrogens (primary N) is 1. The van der Waals surface area contributed by atoms with Crippen LogP contribution in [0.5, 0.6) is 5.75 Å². The molecule has 1 aliphatic heterocycles. The van der Waals surface area contributed by atoms with Crippen LogP contribution in [0.25, 0.3) is 0 Å². The van der Waals surface area contributed by atoms with Gasteiger partial charge in [-0.2, -0.15) is 0 Å². The molecule has 0 saturated carbocycles. The Hall–Kier alpha value is -2.08. The van der Waals surface area contributed by atoms with E-state index in [1.807, 2.05) is 0 Å². The van der Waals surface area contributed by atoms with Gasteiger partial charge in [-0.3, -0.25) is 9.59 Å². The lowest BCUT2D eigenvalue weighted by molar-refractivity contribution is -0.132. The van der Waals surface area contributed by atoms with Crippen molar-refractivity contribution in [1.82, 2.24) is 10.2 Å². The minimum atomic E-state index is -0.707. The van der Waals surface area contributed by atoms with Gasteiger partial charge in [0.25, 0.3) is 0 Å². The first-order chi connectivity index (χ1) is 10.1. The topological polar surface area (TPSA) is 95.7 Å². The van der Waals surface area contributed by atoms with Crippen LogP contribution in [0.4, 0.5) is 0 Å². The number of nitrogens with one attached hydrogen (secondary N) is 1. The van der Waals surface area contributed by atoms with Crippen LogP contribution < -0.4 is 11.1 Å². The van der Waals surface area contributed by atoms with Gasteiger partial charge >= 0.3 is 0 Å². The van der Waals surface area contributed by atoms with Gasteiger partial charge in [0, 0.05) is 13.1 Å². The van der Waals surface area contributed by atoms with E-state index in [0.29, 0.717) is 6.42 Å². The number of likely N-dealkylation sites (tertiary alicyclic amines) is 1. The minimum absolute atomic E-state index is 0.00209. The first kappa shape index (κ1) is 15.3. The fourth-order valence-corrected chi connectivity index (χ4v) is 2.35. The zero-order valence-electron chi connectivity index (χ0n) is 11.9. The number of benzene rings is 1. The van der Waals surface area contributed by atoms with E-state index in [-0.39, 0.29) is 24.1 Å². The molecule has 1 heterocycles. The first-order valence-electron chi connectivity index (χ1n) is 7.15. The fraction of sp³-hybridized carbons (Fsp3) is 0.467. The number of aromatic hydroxyl groups is 1. The lowest BCUT2D eigenvalue weighted by Gasteiger charge is -2.17. The third-order valence-electron chi connectivity index (χ3n) is 3.60. The summed E-state index contributed by atoms with van der Waals surface area (Å²) in [5, 5.41) is 11.8. The molecule has 0 aliphatic carbocycles. The number of rotatable bonds is 5. The van der Waals surface area contributed by atoms with Crippen molar-refractivity contribution in [3.63, 3.8) is 0 Å². The Labute approximate surface area is 123 Å². The molecule has 6 nitrogen and oxygen atoms in total. The maximum Gasteiger partial charge on any atom is 0.241 e. The van der Waals surface area contributed by atoms with Gasteiger partial charge in [-0.15, -0.1) is 0 Å². The molecule has 1 aliphatic rings. The van der Waals surface area contributed by atoms with Crippen molar-refractivity contribution < 1.29 is 14.7 Å². The number of hydrogen-bond donors (Lipinski definition) is 3. The molecule has 6 heteroatoms. The summed E-state index contributed by atoms with van der Waals surface area (Å²) >= 11 is 0. The van der Waals surface area contributed by atoms with Crippen LogP contribution in [-0.2, 0) is 16.0 Å². The molecule has 0 unspecified atom stereocenters. The van der Waals surface area contributed by atoms with Gasteiger partial charge in [0.2, 0.25) is 11.8 Å². The first-order valence-corrected chi connectivity index (χ1v) is 7.15. The third-order valence-corrected chi connectivity index (χ3v) is 3.60. The molecule has 21 heavy (non-hydrogen) atoms. The zero-order valence-corrected chi connectivity index (χ0v) is 11.9. The molecule has 2 rings (SSSR count). The summed E-state index contributed by atoms with van der Waals surface area (Å²) in [4.78, 5) is 25.4. The van der Waals surface area contributed by atoms with E-state index in [1.54, 1.807) is 29.2 Å². The van der Waals surface area contributed by atoms with Gasteiger partial charge < -0.3 is 21.1 Å². The number of phenols is 1. The highest BCUT2D eigenvalue weighted by Crippen LogP contribution is 2.11. The number of phenolic OH excluding ortho intramolecular Hbond substituents is 1. The Morgan fingerprint density at radius 1 is 1.24 bits per heavy atom. The lowest BCUT2D eigenvalue weighted by Crippen LogP contribution is -2.46. The number of nitrogens with zero attached hydrogens (tertiary/aromatic N) is 1. The molecule has 1 saturated heterocycles. The van der Waals surface area contributed by atoms with Crippen LogP contribution >= 0.6 is 0 Å². The van der Waals surface area contributed by atoms with Crippen molar-refractivity contribution >= 4 is 11.8 Å². The van der Waals surface area contributed by atoms with E-state index in [9.17, 15) is 14.7 Å². The molecular weight excluding hydrogens is 270 g/mol. The molecule has 0 aromatic heterocycles. The van der Waals surface area contributed by atoms with E-state index in [1.165, 1.54) is 0 Å². The van der Waals surface area contributed by atoms with Gasteiger partial charge in [0.15, 0.2) is 0 Å². The van der Waals surface area contributed by atoms with Crippen LogP contribution in [-0.4, -0.2) is 47.5 Å². The molecule has 0 bridgehead atoms. The maximum absolute atomic E-state index is 11.9. The molecule has 2 amide bonds. The molecule has 1 atom stereocenters. The Bertz CT molecular complexity index is 495. The SMILES string of the molecule is N[C@H](Cc1ccc(O)cc1)C(=O)NCC(=O)N1CCCC1. The highest BCUT2D eigenvalue weighted by Gasteiger charge is 2.20.